The number of aromatic amines is 1. The Morgan fingerprint density at radius 2 is 2.08 bits per heavy atom. The summed E-state index contributed by atoms with van der Waals surface area (Å²) in [6, 6.07) is 6.36. The highest BCUT2D eigenvalue weighted by atomic mass is 79.9. The molecular formula is C18H16BrFN4O. The zero-order chi connectivity index (χ0) is 17.4. The third kappa shape index (κ3) is 3.28. The first-order valence-corrected chi connectivity index (χ1v) is 9.01. The molecule has 25 heavy (non-hydrogen) atoms. The Kier molecular flexibility index (Phi) is 4.25. The number of imidazole rings is 1. The lowest BCUT2D eigenvalue weighted by atomic mass is 10.1. The SMILES string of the molecule is O=C(Nc1ccc(F)c(-c2nc3ncc(Br)cc3[nH]2)c1)C1CCCC1. The van der Waals surface area contributed by atoms with Crippen molar-refractivity contribution in [3.8, 4) is 11.4 Å². The molecule has 3 aromatic rings. The van der Waals surface area contributed by atoms with Gasteiger partial charge in [-0.25, -0.2) is 14.4 Å². The first kappa shape index (κ1) is 16.2. The number of anilines is 1. The van der Waals surface area contributed by atoms with E-state index >= 15 is 0 Å². The topological polar surface area (TPSA) is 70.7 Å². The van der Waals surface area contributed by atoms with E-state index in [0.29, 0.717) is 28.2 Å². The maximum Gasteiger partial charge on any atom is 0.227 e. The molecule has 2 aromatic heterocycles. The molecule has 1 saturated carbocycles. The molecule has 0 saturated heterocycles. The molecule has 0 spiro atoms. The third-order valence-electron chi connectivity index (χ3n) is 4.52. The van der Waals surface area contributed by atoms with Crippen LogP contribution in [0.1, 0.15) is 25.7 Å². The zero-order valence-corrected chi connectivity index (χ0v) is 14.9. The smallest absolute Gasteiger partial charge is 0.227 e. The highest BCUT2D eigenvalue weighted by Gasteiger charge is 2.23. The molecule has 0 atom stereocenters. The van der Waals surface area contributed by atoms with Gasteiger partial charge in [-0.05, 0) is 53.0 Å². The lowest BCUT2D eigenvalue weighted by Gasteiger charge is -2.11. The number of hydrogen-bond donors (Lipinski definition) is 2. The number of amides is 1. The van der Waals surface area contributed by atoms with Gasteiger partial charge in [-0.1, -0.05) is 12.8 Å². The number of benzene rings is 1. The Morgan fingerprint density at radius 1 is 1.28 bits per heavy atom. The minimum absolute atomic E-state index is 0.00487. The maximum atomic E-state index is 14.3. The van der Waals surface area contributed by atoms with E-state index in [2.05, 4.69) is 36.2 Å². The van der Waals surface area contributed by atoms with E-state index in [1.807, 2.05) is 6.07 Å². The number of hydrogen-bond acceptors (Lipinski definition) is 3. The van der Waals surface area contributed by atoms with Crippen molar-refractivity contribution in [1.82, 2.24) is 15.0 Å². The first-order chi connectivity index (χ1) is 12.1. The standard InChI is InChI=1S/C18H16BrFN4O/c19-11-7-15-17(21-9-11)24-16(23-15)13-8-12(5-6-14(13)20)22-18(25)10-3-1-2-4-10/h5-10H,1-4H2,(H,22,25)(H,21,23,24). The van der Waals surface area contributed by atoms with E-state index in [9.17, 15) is 9.18 Å². The van der Waals surface area contributed by atoms with Crippen molar-refractivity contribution < 1.29 is 9.18 Å². The Balaban J connectivity index is 1.65. The molecule has 7 heteroatoms. The van der Waals surface area contributed by atoms with Crippen molar-refractivity contribution in [2.75, 3.05) is 5.32 Å². The number of rotatable bonds is 3. The molecule has 0 radical (unpaired) electrons. The van der Waals surface area contributed by atoms with E-state index in [1.165, 1.54) is 6.07 Å². The van der Waals surface area contributed by atoms with Crippen LogP contribution in [0, 0.1) is 11.7 Å². The number of nitrogens with zero attached hydrogens (tertiary/aromatic N) is 2. The monoisotopic (exact) mass is 402 g/mol. The average Bonchev–Trinajstić information content (AvgIpc) is 3.25. The van der Waals surface area contributed by atoms with Crippen LogP contribution >= 0.6 is 15.9 Å². The summed E-state index contributed by atoms with van der Waals surface area (Å²) in [4.78, 5) is 23.9. The molecule has 4 rings (SSSR count). The van der Waals surface area contributed by atoms with Crippen molar-refractivity contribution in [1.29, 1.82) is 0 Å². The van der Waals surface area contributed by atoms with Crippen LogP contribution in [0.3, 0.4) is 0 Å². The van der Waals surface area contributed by atoms with Gasteiger partial charge in [-0.2, -0.15) is 0 Å². The normalized spacial score (nSPS) is 15.0. The third-order valence-corrected chi connectivity index (χ3v) is 4.95. The van der Waals surface area contributed by atoms with Crippen LogP contribution in [0.2, 0.25) is 0 Å². The van der Waals surface area contributed by atoms with Crippen LogP contribution in [-0.2, 0) is 4.79 Å². The molecule has 128 valence electrons. The molecule has 0 unspecified atom stereocenters. The molecular weight excluding hydrogens is 387 g/mol. The van der Waals surface area contributed by atoms with Crippen LogP contribution in [0.4, 0.5) is 10.1 Å². The van der Waals surface area contributed by atoms with Crippen molar-refractivity contribution in [3.05, 3.63) is 40.8 Å². The molecule has 2 N–H and O–H groups in total. The van der Waals surface area contributed by atoms with Crippen LogP contribution in [0.5, 0.6) is 0 Å². The first-order valence-electron chi connectivity index (χ1n) is 8.22. The van der Waals surface area contributed by atoms with Gasteiger partial charge in [0.1, 0.15) is 11.6 Å². The van der Waals surface area contributed by atoms with Crippen LogP contribution in [0.15, 0.2) is 34.9 Å². The maximum absolute atomic E-state index is 14.3. The summed E-state index contributed by atoms with van der Waals surface area (Å²) >= 11 is 3.35. The minimum atomic E-state index is -0.406. The quantitative estimate of drug-likeness (QED) is 0.669. The number of nitrogens with one attached hydrogen (secondary N) is 2. The van der Waals surface area contributed by atoms with Gasteiger partial charge in [0.05, 0.1) is 11.1 Å². The van der Waals surface area contributed by atoms with E-state index in [4.69, 9.17) is 0 Å². The van der Waals surface area contributed by atoms with E-state index in [1.54, 1.807) is 18.3 Å². The summed E-state index contributed by atoms with van der Waals surface area (Å²) in [5.74, 6) is 0.0403. The van der Waals surface area contributed by atoms with Gasteiger partial charge in [0.25, 0.3) is 0 Å². The molecule has 0 aliphatic heterocycles. The molecule has 1 aliphatic carbocycles. The lowest BCUT2D eigenvalue weighted by Crippen LogP contribution is -2.20. The summed E-state index contributed by atoms with van der Waals surface area (Å²) in [6.45, 7) is 0. The molecule has 2 heterocycles. The number of H-pyrrole nitrogens is 1. The van der Waals surface area contributed by atoms with Gasteiger partial charge >= 0.3 is 0 Å². The van der Waals surface area contributed by atoms with Gasteiger partial charge < -0.3 is 10.3 Å². The molecule has 5 nitrogen and oxygen atoms in total. The fourth-order valence-corrected chi connectivity index (χ4v) is 3.55. The average molecular weight is 403 g/mol. The van der Waals surface area contributed by atoms with E-state index < -0.39 is 5.82 Å². The number of carbonyl (C=O) groups is 1. The van der Waals surface area contributed by atoms with E-state index in [-0.39, 0.29) is 11.8 Å². The largest absolute Gasteiger partial charge is 0.336 e. The molecule has 1 aromatic carbocycles. The van der Waals surface area contributed by atoms with Gasteiger partial charge in [-0.15, -0.1) is 0 Å². The number of carbonyl (C=O) groups excluding carboxylic acids is 1. The Labute approximate surface area is 152 Å². The van der Waals surface area contributed by atoms with Gasteiger partial charge in [0, 0.05) is 22.3 Å². The predicted octanol–water partition coefficient (Wildman–Crippen LogP) is 4.66. The number of halogens is 2. The fraction of sp³-hybridized carbons (Fsp3) is 0.278. The van der Waals surface area contributed by atoms with Gasteiger partial charge in [0.15, 0.2) is 5.65 Å². The lowest BCUT2D eigenvalue weighted by molar-refractivity contribution is -0.119. The number of pyridine rings is 1. The number of aromatic nitrogens is 3. The molecule has 0 bridgehead atoms. The minimum Gasteiger partial charge on any atom is -0.336 e. The highest BCUT2D eigenvalue weighted by molar-refractivity contribution is 9.10. The Bertz CT molecular complexity index is 949. The van der Waals surface area contributed by atoms with Crippen molar-refractivity contribution in [3.63, 3.8) is 0 Å². The second kappa shape index (κ2) is 6.55. The van der Waals surface area contributed by atoms with Crippen molar-refractivity contribution in [2.45, 2.75) is 25.7 Å². The van der Waals surface area contributed by atoms with Gasteiger partial charge in [0.2, 0.25) is 5.91 Å². The van der Waals surface area contributed by atoms with Crippen LogP contribution in [0.25, 0.3) is 22.6 Å². The summed E-state index contributed by atoms with van der Waals surface area (Å²) in [6.07, 6.45) is 5.66. The number of fused-ring (bicyclic) bond motifs is 1. The molecule has 1 aliphatic rings. The van der Waals surface area contributed by atoms with Crippen LogP contribution < -0.4 is 5.32 Å². The zero-order valence-electron chi connectivity index (χ0n) is 13.4. The second-order valence-corrected chi connectivity index (χ2v) is 7.19. The Morgan fingerprint density at radius 3 is 2.88 bits per heavy atom. The van der Waals surface area contributed by atoms with Gasteiger partial charge in [-0.3, -0.25) is 4.79 Å². The molecule has 1 fully saturated rings. The highest BCUT2D eigenvalue weighted by Crippen LogP contribution is 2.29. The Hall–Kier alpha value is -2.28. The van der Waals surface area contributed by atoms with Crippen LogP contribution in [-0.4, -0.2) is 20.9 Å². The van der Waals surface area contributed by atoms with E-state index in [0.717, 1.165) is 30.2 Å². The molecule has 1 amide bonds. The van der Waals surface area contributed by atoms with Crippen molar-refractivity contribution in [2.24, 2.45) is 5.92 Å². The fourth-order valence-electron chi connectivity index (χ4n) is 3.22. The summed E-state index contributed by atoms with van der Waals surface area (Å²) in [5, 5.41) is 2.89. The second-order valence-electron chi connectivity index (χ2n) is 6.28. The summed E-state index contributed by atoms with van der Waals surface area (Å²) in [7, 11) is 0. The summed E-state index contributed by atoms with van der Waals surface area (Å²) in [5.41, 5.74) is 2.10. The predicted molar refractivity (Wildman–Crippen MR) is 97.6 cm³/mol. The van der Waals surface area contributed by atoms with Crippen molar-refractivity contribution >= 4 is 38.7 Å². The summed E-state index contributed by atoms with van der Waals surface area (Å²) < 4.78 is 15.1.